The smallest absolute Gasteiger partial charge is 0.335 e. The summed E-state index contributed by atoms with van der Waals surface area (Å²) in [6, 6.07) is 21.8. The van der Waals surface area contributed by atoms with E-state index in [-0.39, 0.29) is 5.57 Å². The van der Waals surface area contributed by atoms with E-state index in [1.807, 2.05) is 19.1 Å². The Morgan fingerprint density at radius 2 is 1.69 bits per heavy atom. The summed E-state index contributed by atoms with van der Waals surface area (Å²) in [6.07, 6.45) is 1.44. The number of benzene rings is 4. The van der Waals surface area contributed by atoms with Gasteiger partial charge in [0.2, 0.25) is 0 Å². The van der Waals surface area contributed by atoms with Crippen molar-refractivity contribution in [1.82, 2.24) is 5.32 Å². The van der Waals surface area contributed by atoms with Gasteiger partial charge < -0.3 is 9.47 Å². The molecule has 0 radical (unpaired) electrons. The van der Waals surface area contributed by atoms with Crippen molar-refractivity contribution in [2.75, 3.05) is 12.0 Å². The summed E-state index contributed by atoms with van der Waals surface area (Å²) in [5.41, 5.74) is 3.67. The lowest BCUT2D eigenvalue weighted by atomic mass is 10.0. The number of methoxy groups -OCH3 is 1. The van der Waals surface area contributed by atoms with Gasteiger partial charge in [-0.05, 0) is 77.7 Å². The van der Waals surface area contributed by atoms with Crippen LogP contribution in [-0.2, 0) is 16.2 Å². The summed E-state index contributed by atoms with van der Waals surface area (Å²) in [5, 5.41) is 4.52. The number of rotatable bonds is 6. The average Bonchev–Trinajstić information content (AvgIpc) is 2.92. The first kappa shape index (κ1) is 26.2. The molecule has 1 aliphatic heterocycles. The maximum atomic E-state index is 13.3. The molecule has 0 saturated carbocycles. The van der Waals surface area contributed by atoms with E-state index in [9.17, 15) is 14.4 Å². The molecule has 4 aromatic rings. The number of halogens is 1. The molecule has 1 N–H and O–H groups in total. The molecule has 0 aliphatic carbocycles. The van der Waals surface area contributed by atoms with E-state index in [1.54, 1.807) is 43.3 Å². The minimum absolute atomic E-state index is 0.168. The quantitative estimate of drug-likeness (QED) is 0.207. The molecular formula is C31H25BrN2O5. The fourth-order valence-electron chi connectivity index (χ4n) is 4.59. The van der Waals surface area contributed by atoms with Crippen LogP contribution in [0.5, 0.6) is 11.5 Å². The zero-order valence-corrected chi connectivity index (χ0v) is 23.2. The third-order valence-corrected chi connectivity index (χ3v) is 7.14. The minimum atomic E-state index is -0.794. The van der Waals surface area contributed by atoms with E-state index < -0.39 is 17.8 Å². The topological polar surface area (TPSA) is 84.9 Å². The van der Waals surface area contributed by atoms with Crippen LogP contribution in [0.25, 0.3) is 16.8 Å². The number of anilines is 1. The molecule has 1 heterocycles. The number of carbonyl (C=O) groups excluding carboxylic acids is 3. The third kappa shape index (κ3) is 5.15. The molecule has 4 aromatic carbocycles. The number of hydrogen-bond acceptors (Lipinski definition) is 5. The van der Waals surface area contributed by atoms with Crippen molar-refractivity contribution in [3.05, 3.63) is 105 Å². The monoisotopic (exact) mass is 584 g/mol. The standard InChI is InChI=1S/C31H25BrN2O5/c1-18-8-10-21-6-4-5-7-23(21)25(18)17-39-27-13-9-20(16-28(27)38-3)15-24-29(35)33-31(37)34(30(24)36)26-12-11-22(32)14-19(26)2/h4-16H,17H2,1-3H3,(H,33,35,37)/b24-15-. The van der Waals surface area contributed by atoms with Crippen LogP contribution in [0.2, 0.25) is 0 Å². The molecule has 0 unspecified atom stereocenters. The number of ether oxygens (including phenoxy) is 2. The lowest BCUT2D eigenvalue weighted by Gasteiger charge is -2.27. The molecule has 8 heteroatoms. The fourth-order valence-corrected chi connectivity index (χ4v) is 5.07. The van der Waals surface area contributed by atoms with Crippen molar-refractivity contribution in [2.45, 2.75) is 20.5 Å². The number of hydrogen-bond donors (Lipinski definition) is 1. The van der Waals surface area contributed by atoms with Gasteiger partial charge in [0.15, 0.2) is 11.5 Å². The largest absolute Gasteiger partial charge is 0.493 e. The Bertz CT molecular complexity index is 1680. The number of imide groups is 2. The van der Waals surface area contributed by atoms with Crippen LogP contribution in [0.4, 0.5) is 10.5 Å². The van der Waals surface area contributed by atoms with Gasteiger partial charge in [0, 0.05) is 10.0 Å². The number of nitrogens with one attached hydrogen (secondary N) is 1. The number of fused-ring (bicyclic) bond motifs is 1. The number of amides is 4. The maximum absolute atomic E-state index is 13.3. The Morgan fingerprint density at radius 3 is 2.46 bits per heavy atom. The van der Waals surface area contributed by atoms with Crippen molar-refractivity contribution in [3.63, 3.8) is 0 Å². The number of barbiturate groups is 1. The number of aryl methyl sites for hydroxylation is 2. The van der Waals surface area contributed by atoms with Gasteiger partial charge in [0.05, 0.1) is 12.8 Å². The molecule has 1 saturated heterocycles. The SMILES string of the molecule is COc1cc(/C=C2/C(=O)NC(=O)N(c3ccc(Br)cc3C)C2=O)ccc1OCc1c(C)ccc2ccccc12. The van der Waals surface area contributed by atoms with Gasteiger partial charge in [-0.25, -0.2) is 9.69 Å². The normalized spacial score (nSPS) is 14.6. The van der Waals surface area contributed by atoms with Gasteiger partial charge in [-0.3, -0.25) is 14.9 Å². The molecule has 39 heavy (non-hydrogen) atoms. The summed E-state index contributed by atoms with van der Waals surface area (Å²) in [6.45, 7) is 4.17. The first-order chi connectivity index (χ1) is 18.8. The average molecular weight is 585 g/mol. The molecule has 0 spiro atoms. The Labute approximate surface area is 234 Å². The Kier molecular flexibility index (Phi) is 7.21. The van der Waals surface area contributed by atoms with E-state index in [4.69, 9.17) is 9.47 Å². The van der Waals surface area contributed by atoms with Crippen molar-refractivity contribution in [1.29, 1.82) is 0 Å². The van der Waals surface area contributed by atoms with Crippen LogP contribution in [-0.4, -0.2) is 25.0 Å². The minimum Gasteiger partial charge on any atom is -0.493 e. The summed E-state index contributed by atoms with van der Waals surface area (Å²) >= 11 is 3.38. The highest BCUT2D eigenvalue weighted by Crippen LogP contribution is 2.32. The second kappa shape index (κ2) is 10.7. The summed E-state index contributed by atoms with van der Waals surface area (Å²) in [7, 11) is 1.53. The molecule has 0 aromatic heterocycles. The van der Waals surface area contributed by atoms with Gasteiger partial charge in [0.25, 0.3) is 11.8 Å². The van der Waals surface area contributed by atoms with Gasteiger partial charge >= 0.3 is 6.03 Å². The first-order valence-electron chi connectivity index (χ1n) is 12.2. The third-order valence-electron chi connectivity index (χ3n) is 6.65. The van der Waals surface area contributed by atoms with Crippen molar-refractivity contribution in [3.8, 4) is 11.5 Å². The van der Waals surface area contributed by atoms with Crippen LogP contribution in [0.1, 0.15) is 22.3 Å². The molecular weight excluding hydrogens is 560 g/mol. The second-order valence-electron chi connectivity index (χ2n) is 9.17. The van der Waals surface area contributed by atoms with Crippen LogP contribution in [0, 0.1) is 13.8 Å². The van der Waals surface area contributed by atoms with Gasteiger partial charge in [-0.2, -0.15) is 0 Å². The van der Waals surface area contributed by atoms with Gasteiger partial charge in [-0.1, -0.05) is 58.4 Å². The van der Waals surface area contributed by atoms with E-state index in [1.165, 1.54) is 13.2 Å². The van der Waals surface area contributed by atoms with Crippen LogP contribution >= 0.6 is 15.9 Å². The lowest BCUT2D eigenvalue weighted by molar-refractivity contribution is -0.122. The number of carbonyl (C=O) groups is 3. The molecule has 5 rings (SSSR count). The molecule has 4 amide bonds. The van der Waals surface area contributed by atoms with E-state index >= 15 is 0 Å². The zero-order chi connectivity index (χ0) is 27.7. The summed E-state index contributed by atoms with van der Waals surface area (Å²) in [5.74, 6) is -0.502. The van der Waals surface area contributed by atoms with E-state index in [0.29, 0.717) is 34.9 Å². The molecule has 7 nitrogen and oxygen atoms in total. The van der Waals surface area contributed by atoms with Gasteiger partial charge in [0.1, 0.15) is 12.2 Å². The molecule has 0 atom stereocenters. The van der Waals surface area contributed by atoms with Crippen molar-refractivity contribution < 1.29 is 23.9 Å². The number of nitrogens with zero attached hydrogens (tertiary/aromatic N) is 1. The predicted molar refractivity (Wildman–Crippen MR) is 154 cm³/mol. The molecule has 0 bridgehead atoms. The van der Waals surface area contributed by atoms with Crippen molar-refractivity contribution >= 4 is 56.3 Å². The fraction of sp³-hybridized carbons (Fsp3) is 0.129. The van der Waals surface area contributed by atoms with Gasteiger partial charge in [-0.15, -0.1) is 0 Å². The maximum Gasteiger partial charge on any atom is 0.335 e. The van der Waals surface area contributed by atoms with Crippen LogP contribution < -0.4 is 19.7 Å². The Balaban J connectivity index is 1.43. The second-order valence-corrected chi connectivity index (χ2v) is 10.1. The van der Waals surface area contributed by atoms with Crippen molar-refractivity contribution in [2.24, 2.45) is 0 Å². The highest BCUT2D eigenvalue weighted by Gasteiger charge is 2.37. The predicted octanol–water partition coefficient (Wildman–Crippen LogP) is 6.47. The van der Waals surface area contributed by atoms with Crippen LogP contribution in [0.3, 0.4) is 0 Å². The first-order valence-corrected chi connectivity index (χ1v) is 13.0. The Hall–Kier alpha value is -4.43. The van der Waals surface area contributed by atoms with E-state index in [0.717, 1.165) is 31.3 Å². The highest BCUT2D eigenvalue weighted by atomic mass is 79.9. The Morgan fingerprint density at radius 1 is 0.897 bits per heavy atom. The highest BCUT2D eigenvalue weighted by molar-refractivity contribution is 9.10. The van der Waals surface area contributed by atoms with Crippen LogP contribution in [0.15, 0.2) is 82.8 Å². The van der Waals surface area contributed by atoms with E-state index in [2.05, 4.69) is 45.5 Å². The molecule has 196 valence electrons. The summed E-state index contributed by atoms with van der Waals surface area (Å²) < 4.78 is 12.5. The number of urea groups is 1. The zero-order valence-electron chi connectivity index (χ0n) is 21.6. The summed E-state index contributed by atoms with van der Waals surface area (Å²) in [4.78, 5) is 39.5. The molecule has 1 fully saturated rings. The lowest BCUT2D eigenvalue weighted by Crippen LogP contribution is -2.54. The molecule has 1 aliphatic rings.